The summed E-state index contributed by atoms with van der Waals surface area (Å²) in [6.45, 7) is 2.59. The van der Waals surface area contributed by atoms with Crippen LogP contribution in [0.1, 0.15) is 24.9 Å². The van der Waals surface area contributed by atoms with E-state index in [0.717, 1.165) is 4.88 Å². The zero-order valence-electron chi connectivity index (χ0n) is 12.0. The molecule has 22 heavy (non-hydrogen) atoms. The highest BCUT2D eigenvalue weighted by Gasteiger charge is 2.17. The van der Waals surface area contributed by atoms with Gasteiger partial charge in [0.15, 0.2) is 18.1 Å². The van der Waals surface area contributed by atoms with E-state index in [1.807, 2.05) is 13.0 Å². The smallest absolute Gasteiger partial charge is 0.338 e. The Bertz CT molecular complexity index is 719. The van der Waals surface area contributed by atoms with Gasteiger partial charge in [-0.2, -0.15) is 0 Å². The topological polar surface area (TPSA) is 61.8 Å². The molecule has 0 saturated carbocycles. The van der Waals surface area contributed by atoms with Gasteiger partial charge < -0.3 is 14.2 Å². The molecule has 1 aliphatic heterocycles. The minimum Gasteiger partial charge on any atom is -0.486 e. The Kier molecular flexibility index (Phi) is 4.11. The van der Waals surface area contributed by atoms with E-state index in [-0.39, 0.29) is 12.4 Å². The summed E-state index contributed by atoms with van der Waals surface area (Å²) >= 11 is 1.38. The molecule has 0 N–H and O–H groups in total. The number of Topliss-reactive ketones (excluding diaryl/α,β-unsaturated/α-hetero) is 1. The summed E-state index contributed by atoms with van der Waals surface area (Å²) in [4.78, 5) is 25.6. The van der Waals surface area contributed by atoms with Crippen molar-refractivity contribution in [2.24, 2.45) is 0 Å². The van der Waals surface area contributed by atoms with Gasteiger partial charge in [0.25, 0.3) is 0 Å². The number of carbonyl (C=O) groups is 2. The number of esters is 1. The highest BCUT2D eigenvalue weighted by atomic mass is 32.1. The van der Waals surface area contributed by atoms with Crippen LogP contribution < -0.4 is 9.47 Å². The molecule has 3 rings (SSSR count). The second-order valence-electron chi connectivity index (χ2n) is 4.77. The van der Waals surface area contributed by atoms with Crippen LogP contribution in [0.3, 0.4) is 0 Å². The number of fused-ring (bicyclic) bond motifs is 1. The summed E-state index contributed by atoms with van der Waals surface area (Å²) in [7, 11) is 0. The second kappa shape index (κ2) is 6.19. The number of benzene rings is 1. The van der Waals surface area contributed by atoms with E-state index < -0.39 is 5.97 Å². The Morgan fingerprint density at radius 1 is 1.14 bits per heavy atom. The predicted octanol–water partition coefficient (Wildman–Crippen LogP) is 2.87. The number of carbonyl (C=O) groups excluding carboxylic acids is 2. The zero-order valence-corrected chi connectivity index (χ0v) is 12.8. The maximum Gasteiger partial charge on any atom is 0.338 e. The standard InChI is InChI=1S/C16H14O5S/c1-10-2-5-15(22-10)12(17)9-21-16(18)11-3-4-13-14(8-11)20-7-6-19-13/h2-5,8H,6-7,9H2,1H3. The summed E-state index contributed by atoms with van der Waals surface area (Å²) in [6.07, 6.45) is 0. The molecule has 0 aliphatic carbocycles. The van der Waals surface area contributed by atoms with Gasteiger partial charge in [-0.25, -0.2) is 4.79 Å². The Labute approximate surface area is 131 Å². The van der Waals surface area contributed by atoms with Crippen molar-refractivity contribution in [3.8, 4) is 11.5 Å². The average molecular weight is 318 g/mol. The van der Waals surface area contributed by atoms with Crippen molar-refractivity contribution in [1.29, 1.82) is 0 Å². The first-order valence-electron chi connectivity index (χ1n) is 6.80. The van der Waals surface area contributed by atoms with Gasteiger partial charge >= 0.3 is 5.97 Å². The van der Waals surface area contributed by atoms with Gasteiger partial charge in [-0.15, -0.1) is 11.3 Å². The van der Waals surface area contributed by atoms with Gasteiger partial charge in [-0.1, -0.05) is 0 Å². The van der Waals surface area contributed by atoms with Crippen molar-refractivity contribution in [3.05, 3.63) is 45.6 Å². The molecule has 6 heteroatoms. The first-order valence-corrected chi connectivity index (χ1v) is 7.61. The summed E-state index contributed by atoms with van der Waals surface area (Å²) in [5.41, 5.74) is 0.333. The van der Waals surface area contributed by atoms with E-state index in [9.17, 15) is 9.59 Å². The van der Waals surface area contributed by atoms with Crippen LogP contribution in [-0.4, -0.2) is 31.6 Å². The Morgan fingerprint density at radius 2 is 1.91 bits per heavy atom. The third-order valence-corrected chi connectivity index (χ3v) is 4.17. The Balaban J connectivity index is 1.63. The zero-order chi connectivity index (χ0) is 15.5. The van der Waals surface area contributed by atoms with E-state index in [1.165, 1.54) is 11.3 Å². The Morgan fingerprint density at radius 3 is 2.64 bits per heavy atom. The van der Waals surface area contributed by atoms with Gasteiger partial charge in [0, 0.05) is 4.88 Å². The third-order valence-electron chi connectivity index (χ3n) is 3.13. The van der Waals surface area contributed by atoms with Crippen LogP contribution in [0.2, 0.25) is 0 Å². The maximum absolute atomic E-state index is 12.0. The van der Waals surface area contributed by atoms with Crippen LogP contribution >= 0.6 is 11.3 Å². The first-order chi connectivity index (χ1) is 10.6. The largest absolute Gasteiger partial charge is 0.486 e. The van der Waals surface area contributed by atoms with Crippen molar-refractivity contribution in [1.82, 2.24) is 0 Å². The molecule has 5 nitrogen and oxygen atoms in total. The molecule has 0 atom stereocenters. The SMILES string of the molecule is Cc1ccc(C(=O)COC(=O)c2ccc3c(c2)OCCO3)s1. The van der Waals surface area contributed by atoms with Crippen LogP contribution in [0.15, 0.2) is 30.3 Å². The molecule has 2 aromatic rings. The van der Waals surface area contributed by atoms with Crippen molar-refractivity contribution in [2.45, 2.75) is 6.92 Å². The molecule has 0 spiro atoms. The molecule has 0 unspecified atom stereocenters. The van der Waals surface area contributed by atoms with E-state index in [4.69, 9.17) is 14.2 Å². The van der Waals surface area contributed by atoms with Gasteiger partial charge in [0.2, 0.25) is 5.78 Å². The minimum absolute atomic E-state index is 0.205. The molecular weight excluding hydrogens is 304 g/mol. The van der Waals surface area contributed by atoms with Gasteiger partial charge in [0.1, 0.15) is 13.2 Å². The fourth-order valence-electron chi connectivity index (χ4n) is 2.04. The van der Waals surface area contributed by atoms with Gasteiger partial charge in [0.05, 0.1) is 10.4 Å². The molecule has 0 fully saturated rings. The molecule has 114 valence electrons. The lowest BCUT2D eigenvalue weighted by atomic mass is 10.2. The van der Waals surface area contributed by atoms with Crippen molar-refractivity contribution < 1.29 is 23.8 Å². The van der Waals surface area contributed by atoms with E-state index in [2.05, 4.69) is 0 Å². The van der Waals surface area contributed by atoms with Crippen LogP contribution in [0.5, 0.6) is 11.5 Å². The molecule has 1 aromatic heterocycles. The van der Waals surface area contributed by atoms with Crippen LogP contribution in [0, 0.1) is 6.92 Å². The van der Waals surface area contributed by atoms with Crippen molar-refractivity contribution in [3.63, 3.8) is 0 Å². The molecule has 0 radical (unpaired) electrons. The molecule has 2 heterocycles. The lowest BCUT2D eigenvalue weighted by Gasteiger charge is -2.18. The van der Waals surface area contributed by atoms with Gasteiger partial charge in [-0.3, -0.25) is 4.79 Å². The summed E-state index contributed by atoms with van der Waals surface area (Å²) in [5.74, 6) is 0.358. The number of rotatable bonds is 4. The lowest BCUT2D eigenvalue weighted by molar-refractivity contribution is 0.0475. The fraction of sp³-hybridized carbons (Fsp3) is 0.250. The lowest BCUT2D eigenvalue weighted by Crippen LogP contribution is -2.17. The van der Waals surface area contributed by atoms with Gasteiger partial charge in [-0.05, 0) is 37.3 Å². The van der Waals surface area contributed by atoms with Crippen molar-refractivity contribution >= 4 is 23.1 Å². The van der Waals surface area contributed by atoms with Crippen molar-refractivity contribution in [2.75, 3.05) is 19.8 Å². The molecule has 0 saturated heterocycles. The van der Waals surface area contributed by atoms with E-state index in [1.54, 1.807) is 24.3 Å². The molecule has 1 aromatic carbocycles. The summed E-state index contributed by atoms with van der Waals surface area (Å²) in [6, 6.07) is 8.42. The van der Waals surface area contributed by atoms with Crippen LogP contribution in [0.4, 0.5) is 0 Å². The quantitative estimate of drug-likeness (QED) is 0.641. The van der Waals surface area contributed by atoms with E-state index >= 15 is 0 Å². The van der Waals surface area contributed by atoms with E-state index in [0.29, 0.717) is 35.2 Å². The number of ketones is 1. The van der Waals surface area contributed by atoms with Crippen LogP contribution in [-0.2, 0) is 4.74 Å². The molecular formula is C16H14O5S. The van der Waals surface area contributed by atoms with Crippen LogP contribution in [0.25, 0.3) is 0 Å². The normalized spacial score (nSPS) is 12.8. The number of aryl methyl sites for hydroxylation is 1. The number of hydrogen-bond acceptors (Lipinski definition) is 6. The maximum atomic E-state index is 12.0. The number of ether oxygens (including phenoxy) is 3. The predicted molar refractivity (Wildman–Crippen MR) is 81.1 cm³/mol. The Hall–Kier alpha value is -2.34. The molecule has 1 aliphatic rings. The first kappa shape index (κ1) is 14.6. The molecule has 0 amide bonds. The molecule has 0 bridgehead atoms. The highest BCUT2D eigenvalue weighted by Crippen LogP contribution is 2.30. The monoisotopic (exact) mass is 318 g/mol. The fourth-order valence-corrected chi connectivity index (χ4v) is 2.83. The highest BCUT2D eigenvalue weighted by molar-refractivity contribution is 7.14. The number of thiophene rings is 1. The third kappa shape index (κ3) is 3.12. The summed E-state index contributed by atoms with van der Waals surface area (Å²) in [5, 5.41) is 0. The average Bonchev–Trinajstić information content (AvgIpc) is 2.98. The summed E-state index contributed by atoms with van der Waals surface area (Å²) < 4.78 is 15.9. The second-order valence-corrected chi connectivity index (χ2v) is 6.06. The minimum atomic E-state index is -0.557. The number of hydrogen-bond donors (Lipinski definition) is 0.